The maximum atomic E-state index is 12.0. The van der Waals surface area contributed by atoms with Crippen molar-refractivity contribution in [2.24, 2.45) is 16.3 Å². The normalized spacial score (nSPS) is 24.5. The maximum Gasteiger partial charge on any atom is 1.00 e. The van der Waals surface area contributed by atoms with Gasteiger partial charge in [-0.3, -0.25) is 9.59 Å². The van der Waals surface area contributed by atoms with Crippen LogP contribution in [0, 0.1) is 11.3 Å². The Hall–Kier alpha value is -0.650. The van der Waals surface area contributed by atoms with E-state index >= 15 is 0 Å². The fraction of sp³-hybridized carbons (Fsp3) is 0.583. The van der Waals surface area contributed by atoms with Crippen LogP contribution in [-0.2, 0) is 9.59 Å². The first-order chi connectivity index (χ1) is 7.84. The molecule has 1 atom stereocenters. The number of nitrogens with zero attached hydrogens (tertiary/aromatic N) is 1. The van der Waals surface area contributed by atoms with Gasteiger partial charge in [0.1, 0.15) is 5.41 Å². The van der Waals surface area contributed by atoms with Crippen molar-refractivity contribution >= 4 is 17.8 Å². The molecule has 1 unspecified atom stereocenters. The minimum Gasteiger partial charge on any atom is -0.846 e. The minimum atomic E-state index is -1.25. The largest absolute Gasteiger partial charge is 1.00 e. The van der Waals surface area contributed by atoms with Crippen molar-refractivity contribution in [3.05, 3.63) is 11.6 Å². The van der Waals surface area contributed by atoms with E-state index in [0.29, 0.717) is 6.42 Å². The van der Waals surface area contributed by atoms with Gasteiger partial charge in [0, 0.05) is 0 Å². The first-order valence-corrected chi connectivity index (χ1v) is 5.58. The van der Waals surface area contributed by atoms with E-state index in [4.69, 9.17) is 0 Å². The van der Waals surface area contributed by atoms with Crippen LogP contribution in [0.5, 0.6) is 0 Å². The predicted octanol–water partition coefficient (Wildman–Crippen LogP) is -2.64. The number of carbonyl (C=O) groups excluding carboxylic acids is 2. The quantitative estimate of drug-likeness (QED) is 0.342. The molecule has 94 valence electrons. The van der Waals surface area contributed by atoms with Crippen LogP contribution in [0.2, 0.25) is 0 Å². The molecule has 0 aromatic heterocycles. The van der Waals surface area contributed by atoms with Gasteiger partial charge in [0.05, 0.1) is 6.02 Å². The van der Waals surface area contributed by atoms with Crippen LogP contribution in [0.4, 0.5) is 0 Å². The molecule has 6 heteroatoms. The first kappa shape index (κ1) is 17.4. The molecule has 1 heterocycles. The summed E-state index contributed by atoms with van der Waals surface area (Å²) in [6.45, 7) is 7.26. The van der Waals surface area contributed by atoms with E-state index < -0.39 is 23.3 Å². The molecule has 18 heavy (non-hydrogen) atoms. The summed E-state index contributed by atoms with van der Waals surface area (Å²) in [4.78, 5) is 27.3. The van der Waals surface area contributed by atoms with E-state index in [1.54, 1.807) is 13.8 Å². The Balaban J connectivity index is 0.00000289. The second-order valence-corrected chi connectivity index (χ2v) is 4.61. The molecule has 0 fully saturated rings. The summed E-state index contributed by atoms with van der Waals surface area (Å²) in [6, 6.07) is -0.866. The molecule has 0 aromatic rings. The molecule has 0 aromatic carbocycles. The van der Waals surface area contributed by atoms with Crippen molar-refractivity contribution < 1.29 is 44.3 Å². The number of hydrogen-bond acceptors (Lipinski definition) is 3. The summed E-state index contributed by atoms with van der Waals surface area (Å²) in [5.41, 5.74) is -0.323. The number of allylic oxidation sites excluding steroid dienone is 2. The fourth-order valence-corrected chi connectivity index (χ4v) is 1.94. The molecule has 5 nitrogen and oxygen atoms in total. The van der Waals surface area contributed by atoms with Crippen LogP contribution < -0.4 is 40.0 Å². The molecule has 1 aliphatic rings. The van der Waals surface area contributed by atoms with E-state index in [-0.39, 0.29) is 35.5 Å². The second kappa shape index (κ2) is 6.50. The zero-order chi connectivity index (χ0) is 13.2. The van der Waals surface area contributed by atoms with Gasteiger partial charge in [-0.25, -0.2) is 4.99 Å². The number of nitrogens with one attached hydrogen (secondary N) is 1. The summed E-state index contributed by atoms with van der Waals surface area (Å²) in [7, 11) is 0. The topological polar surface area (TPSA) is 81.6 Å². The summed E-state index contributed by atoms with van der Waals surface area (Å²) in [6.07, 6.45) is 2.14. The Labute approximate surface area is 129 Å². The smallest absolute Gasteiger partial charge is 0.846 e. The van der Waals surface area contributed by atoms with E-state index in [2.05, 4.69) is 10.3 Å². The molecule has 0 bridgehead atoms. The molecule has 0 saturated carbocycles. The Morgan fingerprint density at radius 2 is 2.06 bits per heavy atom. The molecule has 1 aliphatic heterocycles. The molecule has 0 aliphatic carbocycles. The molecule has 0 spiro atoms. The second-order valence-electron chi connectivity index (χ2n) is 4.61. The van der Waals surface area contributed by atoms with Gasteiger partial charge in [-0.15, -0.1) is 0 Å². The first-order valence-electron chi connectivity index (χ1n) is 5.58. The SMILES string of the molecule is CC=C(C)CC1(C(C)C)C(=O)N=C([O-])NC1=O.[Na+]. The Morgan fingerprint density at radius 3 is 2.44 bits per heavy atom. The van der Waals surface area contributed by atoms with Crippen LogP contribution in [0.15, 0.2) is 16.6 Å². The Bertz CT molecular complexity index is 416. The summed E-state index contributed by atoms with van der Waals surface area (Å²) in [5, 5.41) is 13.1. The van der Waals surface area contributed by atoms with Crippen molar-refractivity contribution in [3.8, 4) is 0 Å². The predicted molar refractivity (Wildman–Crippen MR) is 61.9 cm³/mol. The van der Waals surface area contributed by atoms with Crippen molar-refractivity contribution in [3.63, 3.8) is 0 Å². The minimum absolute atomic E-state index is 0. The molecular weight excluding hydrogens is 243 g/mol. The zero-order valence-corrected chi connectivity index (χ0v) is 13.5. The molecule has 0 saturated heterocycles. The number of carbonyl (C=O) groups is 2. The molecule has 1 N–H and O–H groups in total. The van der Waals surface area contributed by atoms with Gasteiger partial charge in [-0.1, -0.05) is 25.5 Å². The van der Waals surface area contributed by atoms with Crippen LogP contribution in [-0.4, -0.2) is 17.8 Å². The summed E-state index contributed by atoms with van der Waals surface area (Å²) < 4.78 is 0. The van der Waals surface area contributed by atoms with Gasteiger partial charge in [0.15, 0.2) is 0 Å². The van der Waals surface area contributed by atoms with Gasteiger partial charge in [0.25, 0.3) is 5.91 Å². The van der Waals surface area contributed by atoms with Crippen molar-refractivity contribution in [1.29, 1.82) is 0 Å². The van der Waals surface area contributed by atoms with Gasteiger partial charge < -0.3 is 10.4 Å². The number of amidine groups is 1. The average Bonchev–Trinajstić information content (AvgIpc) is 2.22. The number of rotatable bonds is 3. The van der Waals surface area contributed by atoms with Gasteiger partial charge >= 0.3 is 29.6 Å². The number of aliphatic imine (C=N–C) groups is 1. The van der Waals surface area contributed by atoms with Crippen LogP contribution in [0.3, 0.4) is 0 Å². The van der Waals surface area contributed by atoms with E-state index in [1.807, 2.05) is 19.9 Å². The van der Waals surface area contributed by atoms with Gasteiger partial charge in [-0.2, -0.15) is 0 Å². The third kappa shape index (κ3) is 3.02. The van der Waals surface area contributed by atoms with Crippen LogP contribution in [0.25, 0.3) is 0 Å². The van der Waals surface area contributed by atoms with E-state index in [1.165, 1.54) is 0 Å². The van der Waals surface area contributed by atoms with Gasteiger partial charge in [-0.05, 0) is 26.2 Å². The number of amides is 2. The third-order valence-electron chi connectivity index (χ3n) is 3.25. The molecule has 1 rings (SSSR count). The van der Waals surface area contributed by atoms with E-state index in [9.17, 15) is 14.7 Å². The Morgan fingerprint density at radius 1 is 1.50 bits per heavy atom. The fourth-order valence-electron chi connectivity index (χ4n) is 1.94. The summed E-state index contributed by atoms with van der Waals surface area (Å²) in [5.74, 6) is -1.40. The van der Waals surface area contributed by atoms with Crippen molar-refractivity contribution in [2.45, 2.75) is 34.1 Å². The van der Waals surface area contributed by atoms with Crippen molar-refractivity contribution in [1.82, 2.24) is 5.32 Å². The molecular formula is C12H17N2NaO3. The standard InChI is InChI=1S/C12H18N2O3.Na/c1-5-8(4)6-12(7(2)3)9(15)13-11(17)14-10(12)16;/h5,7H,6H2,1-4H3,(H2,13,14,15,16,17);/q;+1/p-1. The molecule has 0 radical (unpaired) electrons. The monoisotopic (exact) mass is 260 g/mol. The van der Waals surface area contributed by atoms with Crippen LogP contribution in [0.1, 0.15) is 34.1 Å². The Kier molecular flexibility index (Phi) is 6.26. The third-order valence-corrected chi connectivity index (χ3v) is 3.25. The van der Waals surface area contributed by atoms with Crippen molar-refractivity contribution in [2.75, 3.05) is 0 Å². The summed E-state index contributed by atoms with van der Waals surface area (Å²) >= 11 is 0. The zero-order valence-electron chi connectivity index (χ0n) is 11.5. The average molecular weight is 260 g/mol. The molecule has 2 amide bonds. The number of hydrogen-bond donors (Lipinski definition) is 1. The van der Waals surface area contributed by atoms with Crippen LogP contribution >= 0.6 is 0 Å². The van der Waals surface area contributed by atoms with E-state index in [0.717, 1.165) is 5.57 Å². The van der Waals surface area contributed by atoms with Gasteiger partial charge in [0.2, 0.25) is 5.91 Å². The maximum absolute atomic E-state index is 12.0.